The van der Waals surface area contributed by atoms with Crippen LogP contribution in [0.2, 0.25) is 0 Å². The lowest BCUT2D eigenvalue weighted by Gasteiger charge is -2.12. The van der Waals surface area contributed by atoms with Gasteiger partial charge in [-0.3, -0.25) is 14.2 Å². The molecule has 0 atom stereocenters. The van der Waals surface area contributed by atoms with Crippen LogP contribution in [0.5, 0.6) is 23.0 Å². The molecule has 9 nitrogen and oxygen atoms in total. The van der Waals surface area contributed by atoms with E-state index in [1.54, 1.807) is 54.6 Å². The number of hydrogen-bond acceptors (Lipinski definition) is 6. The number of amides is 1. The highest BCUT2D eigenvalue weighted by Gasteiger charge is 2.18. The lowest BCUT2D eigenvalue weighted by molar-refractivity contribution is 0.102. The second kappa shape index (κ2) is 8.99. The molecule has 0 saturated heterocycles. The lowest BCUT2D eigenvalue weighted by Crippen LogP contribution is -2.39. The quantitative estimate of drug-likeness (QED) is 0.459. The van der Waals surface area contributed by atoms with Gasteiger partial charge in [0.2, 0.25) is 6.79 Å². The second-order valence-electron chi connectivity index (χ2n) is 7.45. The fraction of sp³-hybridized carbons (Fsp3) is 0.0800. The molecule has 2 heterocycles. The van der Waals surface area contributed by atoms with Gasteiger partial charge in [0.05, 0.1) is 12.2 Å². The van der Waals surface area contributed by atoms with E-state index in [2.05, 4.69) is 10.3 Å². The fourth-order valence-electron chi connectivity index (χ4n) is 3.50. The van der Waals surface area contributed by atoms with Crippen LogP contribution >= 0.6 is 0 Å². The molecule has 0 fully saturated rings. The molecular formula is C25H19N3O6. The molecule has 2 N–H and O–H groups in total. The molecule has 170 valence electrons. The van der Waals surface area contributed by atoms with Crippen LogP contribution in [0, 0.1) is 0 Å². The second-order valence-corrected chi connectivity index (χ2v) is 7.45. The predicted molar refractivity (Wildman–Crippen MR) is 124 cm³/mol. The summed E-state index contributed by atoms with van der Waals surface area (Å²) in [5.74, 6) is 1.46. The topological polar surface area (TPSA) is 112 Å². The Morgan fingerprint density at radius 2 is 1.74 bits per heavy atom. The Labute approximate surface area is 193 Å². The average molecular weight is 457 g/mol. The van der Waals surface area contributed by atoms with E-state index in [0.717, 1.165) is 10.8 Å². The molecular weight excluding hydrogens is 438 g/mol. The summed E-state index contributed by atoms with van der Waals surface area (Å²) in [6, 6.07) is 21.1. The molecule has 3 aromatic carbocycles. The zero-order valence-electron chi connectivity index (χ0n) is 17.8. The summed E-state index contributed by atoms with van der Waals surface area (Å²) < 4.78 is 17.4. The van der Waals surface area contributed by atoms with Crippen LogP contribution in [0.3, 0.4) is 0 Å². The van der Waals surface area contributed by atoms with Crippen LogP contribution in [0.15, 0.2) is 88.6 Å². The molecule has 0 spiro atoms. The average Bonchev–Trinajstić information content (AvgIpc) is 3.31. The Bertz CT molecular complexity index is 1480. The van der Waals surface area contributed by atoms with Gasteiger partial charge in [0, 0.05) is 6.20 Å². The standard InChI is InChI=1S/C25H19N3O6/c29-23(27-19-8-4-5-9-20(19)34-17-6-2-1-3-7-17)18-13-26-25(31)28(24(18)30)14-16-10-11-21-22(12-16)33-15-32-21/h1-13H,14-15H2,(H,26,31)(H,27,29). The number of anilines is 1. The Morgan fingerprint density at radius 1 is 0.971 bits per heavy atom. The van der Waals surface area contributed by atoms with Crippen LogP contribution in [-0.2, 0) is 6.54 Å². The van der Waals surface area contributed by atoms with Gasteiger partial charge >= 0.3 is 5.69 Å². The Balaban J connectivity index is 1.40. The van der Waals surface area contributed by atoms with E-state index in [1.807, 2.05) is 18.2 Å². The number of carbonyl (C=O) groups is 1. The largest absolute Gasteiger partial charge is 0.455 e. The highest BCUT2D eigenvalue weighted by Crippen LogP contribution is 2.32. The van der Waals surface area contributed by atoms with Crippen molar-refractivity contribution in [2.24, 2.45) is 0 Å². The van der Waals surface area contributed by atoms with Crippen molar-refractivity contribution in [3.8, 4) is 23.0 Å². The Kier molecular flexibility index (Phi) is 5.57. The molecule has 0 saturated carbocycles. The van der Waals surface area contributed by atoms with Gasteiger partial charge in [-0.05, 0) is 42.0 Å². The third-order valence-electron chi connectivity index (χ3n) is 5.19. The predicted octanol–water partition coefficient (Wildman–Crippen LogP) is 3.36. The molecule has 1 amide bonds. The number of hydrogen-bond donors (Lipinski definition) is 2. The van der Waals surface area contributed by atoms with Gasteiger partial charge in [-0.15, -0.1) is 0 Å². The number of H-pyrrole nitrogens is 1. The van der Waals surface area contributed by atoms with Crippen molar-refractivity contribution in [3.63, 3.8) is 0 Å². The van der Waals surface area contributed by atoms with Crippen LogP contribution < -0.4 is 30.8 Å². The van der Waals surface area contributed by atoms with Gasteiger partial charge in [-0.25, -0.2) is 4.79 Å². The summed E-state index contributed by atoms with van der Waals surface area (Å²) in [4.78, 5) is 40.8. The molecule has 1 aliphatic heterocycles. The number of aromatic nitrogens is 2. The fourth-order valence-corrected chi connectivity index (χ4v) is 3.50. The summed E-state index contributed by atoms with van der Waals surface area (Å²) in [6.45, 7) is 0.0735. The van der Waals surface area contributed by atoms with E-state index >= 15 is 0 Å². The molecule has 1 aromatic heterocycles. The molecule has 4 aromatic rings. The molecule has 9 heteroatoms. The van der Waals surface area contributed by atoms with Gasteiger partial charge in [0.1, 0.15) is 11.3 Å². The lowest BCUT2D eigenvalue weighted by atomic mass is 10.2. The van der Waals surface area contributed by atoms with E-state index in [-0.39, 0.29) is 18.9 Å². The van der Waals surface area contributed by atoms with Crippen molar-refractivity contribution < 1.29 is 19.0 Å². The zero-order valence-corrected chi connectivity index (χ0v) is 17.8. The van der Waals surface area contributed by atoms with E-state index in [9.17, 15) is 14.4 Å². The van der Waals surface area contributed by atoms with Crippen molar-refractivity contribution >= 4 is 11.6 Å². The third kappa shape index (κ3) is 4.26. The number of fused-ring (bicyclic) bond motifs is 1. The molecule has 34 heavy (non-hydrogen) atoms. The molecule has 1 aliphatic rings. The summed E-state index contributed by atoms with van der Waals surface area (Å²) in [5.41, 5.74) is -0.539. The maximum atomic E-state index is 13.0. The number of aromatic amines is 1. The number of nitrogens with zero attached hydrogens (tertiary/aromatic N) is 1. The van der Waals surface area contributed by atoms with E-state index in [0.29, 0.717) is 34.2 Å². The Morgan fingerprint density at radius 3 is 2.59 bits per heavy atom. The van der Waals surface area contributed by atoms with Gasteiger partial charge in [0.15, 0.2) is 17.2 Å². The number of ether oxygens (including phenoxy) is 3. The highest BCUT2D eigenvalue weighted by atomic mass is 16.7. The highest BCUT2D eigenvalue weighted by molar-refractivity contribution is 6.04. The van der Waals surface area contributed by atoms with Crippen molar-refractivity contribution in [2.45, 2.75) is 6.54 Å². The summed E-state index contributed by atoms with van der Waals surface area (Å²) >= 11 is 0. The number of nitrogens with one attached hydrogen (secondary N) is 2. The molecule has 0 radical (unpaired) electrons. The third-order valence-corrected chi connectivity index (χ3v) is 5.19. The van der Waals surface area contributed by atoms with Crippen molar-refractivity contribution in [2.75, 3.05) is 12.1 Å². The van der Waals surface area contributed by atoms with Crippen molar-refractivity contribution in [3.05, 3.63) is 111 Å². The van der Waals surface area contributed by atoms with Crippen molar-refractivity contribution in [1.82, 2.24) is 9.55 Å². The minimum atomic E-state index is -0.722. The van der Waals surface area contributed by atoms with E-state index in [4.69, 9.17) is 14.2 Å². The van der Waals surface area contributed by atoms with Gasteiger partial charge < -0.3 is 24.5 Å². The minimum Gasteiger partial charge on any atom is -0.455 e. The Hall–Kier alpha value is -4.79. The van der Waals surface area contributed by atoms with Gasteiger partial charge in [0.25, 0.3) is 11.5 Å². The monoisotopic (exact) mass is 457 g/mol. The van der Waals surface area contributed by atoms with Crippen LogP contribution in [-0.4, -0.2) is 22.3 Å². The first-order valence-electron chi connectivity index (χ1n) is 10.4. The smallest absolute Gasteiger partial charge is 0.328 e. The zero-order chi connectivity index (χ0) is 23.5. The molecule has 0 aliphatic carbocycles. The minimum absolute atomic E-state index is 0.0420. The number of benzene rings is 3. The number of para-hydroxylation sites is 3. The number of carbonyl (C=O) groups excluding carboxylic acids is 1. The van der Waals surface area contributed by atoms with Crippen LogP contribution in [0.1, 0.15) is 15.9 Å². The first-order valence-corrected chi connectivity index (χ1v) is 10.4. The molecule has 0 unspecified atom stereocenters. The van der Waals surface area contributed by atoms with Crippen LogP contribution in [0.25, 0.3) is 0 Å². The summed E-state index contributed by atoms with van der Waals surface area (Å²) in [5, 5.41) is 2.70. The van der Waals surface area contributed by atoms with Crippen LogP contribution in [0.4, 0.5) is 5.69 Å². The normalized spacial score (nSPS) is 11.8. The number of rotatable bonds is 6. The van der Waals surface area contributed by atoms with Gasteiger partial charge in [-0.1, -0.05) is 36.4 Å². The van der Waals surface area contributed by atoms with E-state index in [1.165, 1.54) is 0 Å². The summed E-state index contributed by atoms with van der Waals surface area (Å²) in [6.07, 6.45) is 1.11. The first-order chi connectivity index (χ1) is 16.6. The van der Waals surface area contributed by atoms with E-state index < -0.39 is 17.2 Å². The maximum Gasteiger partial charge on any atom is 0.328 e. The molecule has 5 rings (SSSR count). The SMILES string of the molecule is O=C(Nc1ccccc1Oc1ccccc1)c1c[nH]c(=O)n(Cc2ccc3c(c2)OCO3)c1=O. The van der Waals surface area contributed by atoms with Crippen molar-refractivity contribution in [1.29, 1.82) is 0 Å². The molecule has 0 bridgehead atoms. The summed E-state index contributed by atoms with van der Waals surface area (Å²) in [7, 11) is 0. The first kappa shape index (κ1) is 21.1. The van der Waals surface area contributed by atoms with Gasteiger partial charge in [-0.2, -0.15) is 0 Å². The maximum absolute atomic E-state index is 13.0.